The molecule has 7 rings (SSSR count). The van der Waals surface area contributed by atoms with E-state index < -0.39 is 23.1 Å². The number of aromatic nitrogens is 4. The van der Waals surface area contributed by atoms with Gasteiger partial charge >= 0.3 is 0 Å². The Balaban J connectivity index is 1.14. The van der Waals surface area contributed by atoms with Gasteiger partial charge in [-0.2, -0.15) is 0 Å². The average molecular weight is 630 g/mol. The summed E-state index contributed by atoms with van der Waals surface area (Å²) < 4.78 is 54.9. The van der Waals surface area contributed by atoms with E-state index in [1.165, 1.54) is 54.5 Å². The van der Waals surface area contributed by atoms with Gasteiger partial charge in [0.05, 0.1) is 36.0 Å². The molecule has 11 nitrogen and oxygen atoms in total. The van der Waals surface area contributed by atoms with Gasteiger partial charge in [-0.15, -0.1) is 0 Å². The largest absolute Gasteiger partial charge is 0.493 e. The molecular formula is C33H29F2N5O6. The normalized spacial score (nSPS) is 15.8. The Morgan fingerprint density at radius 3 is 2.61 bits per heavy atom. The van der Waals surface area contributed by atoms with Crippen molar-refractivity contribution >= 4 is 22.5 Å². The Labute approximate surface area is 261 Å². The van der Waals surface area contributed by atoms with E-state index in [-0.39, 0.29) is 29.2 Å². The molecule has 1 saturated heterocycles. The number of anilines is 1. The van der Waals surface area contributed by atoms with Gasteiger partial charge in [0, 0.05) is 30.8 Å². The SMILES string of the molecule is COc1cc2c(Oc3ccc(NC(=O)c4c5n(n(-c6ccc(F)cc6)c4=O)CCCC5)cc3F)ncnc2cc1O[C@H]1CCCO1. The highest BCUT2D eigenvalue weighted by atomic mass is 19.1. The zero-order chi connectivity index (χ0) is 31.8. The summed E-state index contributed by atoms with van der Waals surface area (Å²) in [5.41, 5.74) is 1.08. The number of rotatable bonds is 8. The van der Waals surface area contributed by atoms with E-state index in [0.29, 0.717) is 53.4 Å². The average Bonchev–Trinajstić information content (AvgIpc) is 3.67. The second kappa shape index (κ2) is 12.2. The number of nitrogens with zero attached hydrogens (tertiary/aromatic N) is 4. The van der Waals surface area contributed by atoms with Gasteiger partial charge in [-0.25, -0.2) is 23.4 Å². The predicted molar refractivity (Wildman–Crippen MR) is 163 cm³/mol. The predicted octanol–water partition coefficient (Wildman–Crippen LogP) is 5.77. The molecule has 13 heteroatoms. The van der Waals surface area contributed by atoms with Crippen molar-refractivity contribution in [1.82, 2.24) is 19.3 Å². The maximum Gasteiger partial charge on any atom is 0.284 e. The Kier molecular flexibility index (Phi) is 7.83. The number of carbonyl (C=O) groups excluding carboxylic acids is 1. The molecule has 2 aliphatic rings. The van der Waals surface area contributed by atoms with E-state index in [0.717, 1.165) is 31.7 Å². The van der Waals surface area contributed by atoms with Crippen LogP contribution in [0.2, 0.25) is 0 Å². The first-order valence-electron chi connectivity index (χ1n) is 14.9. The number of nitrogens with one attached hydrogen (secondary N) is 1. The van der Waals surface area contributed by atoms with Crippen LogP contribution in [0.3, 0.4) is 0 Å². The fourth-order valence-electron chi connectivity index (χ4n) is 5.81. The standard InChI is InChI=1S/C33H29F2N5O6/c1-43-27-16-22-24(17-28(27)45-29-6-4-14-44-29)36-18-37-32(22)46-26-12-9-20(15-23(26)35)38-31(41)30-25-5-2-3-13-39(25)40(33(30)42)21-10-7-19(34)8-11-21/h7-12,15-18,29H,2-6,13-14H2,1H3,(H,38,41)/t29-/m0/s1. The molecule has 46 heavy (non-hydrogen) atoms. The van der Waals surface area contributed by atoms with Crippen LogP contribution in [-0.4, -0.2) is 45.2 Å². The topological polar surface area (TPSA) is 119 Å². The Morgan fingerprint density at radius 2 is 1.85 bits per heavy atom. The van der Waals surface area contributed by atoms with Crippen molar-refractivity contribution in [3.63, 3.8) is 0 Å². The van der Waals surface area contributed by atoms with Crippen LogP contribution in [0.25, 0.3) is 16.6 Å². The lowest BCUT2D eigenvalue weighted by atomic mass is 10.1. The summed E-state index contributed by atoms with van der Waals surface area (Å²) in [5.74, 6) is -1.06. The summed E-state index contributed by atoms with van der Waals surface area (Å²) in [6.45, 7) is 1.16. The lowest BCUT2D eigenvalue weighted by Crippen LogP contribution is -2.26. The van der Waals surface area contributed by atoms with Crippen molar-refractivity contribution < 1.29 is 32.5 Å². The van der Waals surface area contributed by atoms with Crippen molar-refractivity contribution in [2.75, 3.05) is 19.0 Å². The van der Waals surface area contributed by atoms with E-state index >= 15 is 4.39 Å². The van der Waals surface area contributed by atoms with Crippen LogP contribution in [0.15, 0.2) is 65.7 Å². The third-order valence-electron chi connectivity index (χ3n) is 8.01. The molecule has 0 unspecified atom stereocenters. The summed E-state index contributed by atoms with van der Waals surface area (Å²) in [7, 11) is 1.50. The first-order valence-corrected chi connectivity index (χ1v) is 14.9. The molecule has 0 radical (unpaired) electrons. The molecule has 236 valence electrons. The number of methoxy groups -OCH3 is 1. The Hall–Kier alpha value is -5.30. The molecule has 0 saturated carbocycles. The molecule has 2 aromatic heterocycles. The number of hydrogen-bond acceptors (Lipinski definition) is 8. The number of halogens is 2. The van der Waals surface area contributed by atoms with Gasteiger partial charge in [-0.1, -0.05) is 0 Å². The number of carbonyl (C=O) groups is 1. The molecule has 4 heterocycles. The van der Waals surface area contributed by atoms with Gasteiger partial charge in [0.25, 0.3) is 11.5 Å². The minimum Gasteiger partial charge on any atom is -0.493 e. The highest BCUT2D eigenvalue weighted by Crippen LogP contribution is 2.38. The van der Waals surface area contributed by atoms with E-state index in [1.54, 1.807) is 16.8 Å². The molecule has 1 atom stereocenters. The monoisotopic (exact) mass is 629 g/mol. The summed E-state index contributed by atoms with van der Waals surface area (Å²) >= 11 is 0. The Bertz CT molecular complexity index is 2000. The highest BCUT2D eigenvalue weighted by molar-refractivity contribution is 6.05. The number of hydrogen-bond donors (Lipinski definition) is 1. The first-order chi connectivity index (χ1) is 22.4. The van der Waals surface area contributed by atoms with Crippen molar-refractivity contribution in [2.24, 2.45) is 0 Å². The number of ether oxygens (including phenoxy) is 4. The maximum atomic E-state index is 15.4. The summed E-state index contributed by atoms with van der Waals surface area (Å²) in [5, 5.41) is 3.11. The third-order valence-corrected chi connectivity index (χ3v) is 8.01. The quantitative estimate of drug-likeness (QED) is 0.230. The van der Waals surface area contributed by atoms with Gasteiger partial charge in [-0.3, -0.25) is 14.3 Å². The first kappa shape index (κ1) is 29.4. The lowest BCUT2D eigenvalue weighted by Gasteiger charge is -2.19. The molecule has 5 aromatic rings. The Morgan fingerprint density at radius 1 is 1.00 bits per heavy atom. The van der Waals surface area contributed by atoms with Gasteiger partial charge in [0.1, 0.15) is 17.7 Å². The molecule has 3 aromatic carbocycles. The van der Waals surface area contributed by atoms with E-state index in [1.807, 2.05) is 0 Å². The number of amides is 1. The molecule has 0 bridgehead atoms. The molecule has 2 aliphatic heterocycles. The summed E-state index contributed by atoms with van der Waals surface area (Å²) in [6, 6.07) is 12.8. The van der Waals surface area contributed by atoms with E-state index in [4.69, 9.17) is 18.9 Å². The number of fused-ring (bicyclic) bond motifs is 2. The smallest absolute Gasteiger partial charge is 0.284 e. The molecule has 0 aliphatic carbocycles. The highest BCUT2D eigenvalue weighted by Gasteiger charge is 2.28. The lowest BCUT2D eigenvalue weighted by molar-refractivity contribution is -0.0401. The minimum atomic E-state index is -0.766. The van der Waals surface area contributed by atoms with Crippen LogP contribution in [0.1, 0.15) is 41.7 Å². The second-order valence-corrected chi connectivity index (χ2v) is 11.0. The van der Waals surface area contributed by atoms with Crippen LogP contribution >= 0.6 is 0 Å². The molecule has 0 spiro atoms. The van der Waals surface area contributed by atoms with Gasteiger partial charge in [-0.05, 0) is 68.1 Å². The van der Waals surface area contributed by atoms with Crippen molar-refractivity contribution in [2.45, 2.75) is 44.9 Å². The molecule has 1 amide bonds. The van der Waals surface area contributed by atoms with Crippen LogP contribution in [0, 0.1) is 11.6 Å². The van der Waals surface area contributed by atoms with Gasteiger partial charge in [0.2, 0.25) is 5.88 Å². The van der Waals surface area contributed by atoms with Gasteiger partial charge in [0.15, 0.2) is 29.4 Å². The minimum absolute atomic E-state index is 0.0333. The van der Waals surface area contributed by atoms with Crippen LogP contribution < -0.4 is 25.1 Å². The maximum absolute atomic E-state index is 15.4. The van der Waals surface area contributed by atoms with Crippen LogP contribution in [0.5, 0.6) is 23.1 Å². The van der Waals surface area contributed by atoms with Crippen LogP contribution in [0.4, 0.5) is 14.5 Å². The molecule has 1 N–H and O–H groups in total. The second-order valence-electron chi connectivity index (χ2n) is 11.0. The van der Waals surface area contributed by atoms with E-state index in [2.05, 4.69) is 15.3 Å². The third kappa shape index (κ3) is 5.53. The fraction of sp³-hybridized carbons (Fsp3) is 0.273. The summed E-state index contributed by atoms with van der Waals surface area (Å²) in [4.78, 5) is 35.4. The molecular weight excluding hydrogens is 600 g/mol. The van der Waals surface area contributed by atoms with Crippen LogP contribution in [-0.2, 0) is 17.7 Å². The zero-order valence-electron chi connectivity index (χ0n) is 24.8. The summed E-state index contributed by atoms with van der Waals surface area (Å²) in [6.07, 6.45) is 4.74. The fourth-order valence-corrected chi connectivity index (χ4v) is 5.81. The van der Waals surface area contributed by atoms with Crippen molar-refractivity contribution in [3.8, 4) is 28.8 Å². The van der Waals surface area contributed by atoms with E-state index in [9.17, 15) is 14.0 Å². The van der Waals surface area contributed by atoms with Crippen molar-refractivity contribution in [1.29, 1.82) is 0 Å². The number of benzene rings is 3. The van der Waals surface area contributed by atoms with Crippen molar-refractivity contribution in [3.05, 3.63) is 94.2 Å². The zero-order valence-corrected chi connectivity index (χ0v) is 24.8. The molecule has 1 fully saturated rings. The van der Waals surface area contributed by atoms with Gasteiger partial charge < -0.3 is 24.3 Å².